The van der Waals surface area contributed by atoms with Crippen molar-refractivity contribution in [3.05, 3.63) is 24.5 Å². The monoisotopic (exact) mass is 210 g/mol. The molecular weight excluding hydrogens is 200 g/mol. The number of rotatable bonds is 1. The van der Waals surface area contributed by atoms with Crippen LogP contribution in [0, 0.1) is 0 Å². The SMILES string of the molecule is Cn1ccc2cc(S(C)(=O)=O)ncc21. The van der Waals surface area contributed by atoms with Gasteiger partial charge >= 0.3 is 0 Å². The molecule has 0 aromatic carbocycles. The van der Waals surface area contributed by atoms with E-state index in [1.807, 2.05) is 23.9 Å². The van der Waals surface area contributed by atoms with Gasteiger partial charge in [-0.3, -0.25) is 0 Å². The Bertz CT molecular complexity index is 584. The molecule has 0 saturated carbocycles. The van der Waals surface area contributed by atoms with Crippen LogP contribution in [-0.4, -0.2) is 24.2 Å². The van der Waals surface area contributed by atoms with Crippen LogP contribution in [0.3, 0.4) is 0 Å². The summed E-state index contributed by atoms with van der Waals surface area (Å²) < 4.78 is 24.3. The predicted octanol–water partition coefficient (Wildman–Crippen LogP) is 0.977. The zero-order valence-corrected chi connectivity index (χ0v) is 8.75. The molecule has 0 radical (unpaired) electrons. The minimum absolute atomic E-state index is 0.121. The molecule has 2 aromatic heterocycles. The molecular formula is C9H10N2O2S. The van der Waals surface area contributed by atoms with Crippen molar-refractivity contribution in [2.45, 2.75) is 5.03 Å². The van der Waals surface area contributed by atoms with E-state index in [-0.39, 0.29) is 5.03 Å². The zero-order chi connectivity index (χ0) is 10.3. The van der Waals surface area contributed by atoms with Crippen molar-refractivity contribution in [1.29, 1.82) is 0 Å². The van der Waals surface area contributed by atoms with E-state index in [4.69, 9.17) is 0 Å². The van der Waals surface area contributed by atoms with E-state index in [2.05, 4.69) is 4.98 Å². The molecule has 0 aliphatic heterocycles. The number of aryl methyl sites for hydroxylation is 1. The zero-order valence-electron chi connectivity index (χ0n) is 7.93. The Morgan fingerprint density at radius 1 is 1.43 bits per heavy atom. The standard InChI is InChI=1S/C9H10N2O2S/c1-11-4-3-7-5-9(14(2,12)13)10-6-8(7)11/h3-6H,1-2H3. The van der Waals surface area contributed by atoms with Crippen molar-refractivity contribution in [2.24, 2.45) is 7.05 Å². The number of hydrogen-bond acceptors (Lipinski definition) is 3. The average molecular weight is 210 g/mol. The van der Waals surface area contributed by atoms with Crippen LogP contribution in [-0.2, 0) is 16.9 Å². The maximum Gasteiger partial charge on any atom is 0.192 e. The Balaban J connectivity index is 2.76. The molecule has 0 spiro atoms. The first kappa shape index (κ1) is 9.21. The molecule has 0 N–H and O–H groups in total. The lowest BCUT2D eigenvalue weighted by Crippen LogP contribution is -2.00. The van der Waals surface area contributed by atoms with Crippen LogP contribution >= 0.6 is 0 Å². The number of fused-ring (bicyclic) bond motifs is 1. The molecule has 4 nitrogen and oxygen atoms in total. The summed E-state index contributed by atoms with van der Waals surface area (Å²) in [5.41, 5.74) is 0.928. The summed E-state index contributed by atoms with van der Waals surface area (Å²) in [6.45, 7) is 0. The number of hydrogen-bond donors (Lipinski definition) is 0. The molecule has 2 heterocycles. The normalized spacial score (nSPS) is 12.1. The Morgan fingerprint density at radius 2 is 2.14 bits per heavy atom. The van der Waals surface area contributed by atoms with E-state index in [1.54, 1.807) is 12.3 Å². The first-order chi connectivity index (χ1) is 6.48. The summed E-state index contributed by atoms with van der Waals surface area (Å²) in [4.78, 5) is 3.90. The van der Waals surface area contributed by atoms with Gasteiger partial charge in [-0.15, -0.1) is 0 Å². The minimum Gasteiger partial charge on any atom is -0.349 e. The van der Waals surface area contributed by atoms with Gasteiger partial charge < -0.3 is 4.57 Å². The predicted molar refractivity (Wildman–Crippen MR) is 53.8 cm³/mol. The third-order valence-electron chi connectivity index (χ3n) is 2.13. The molecule has 0 fully saturated rings. The van der Waals surface area contributed by atoms with Crippen LogP contribution in [0.2, 0.25) is 0 Å². The summed E-state index contributed by atoms with van der Waals surface area (Å²) in [7, 11) is -1.31. The molecule has 74 valence electrons. The molecule has 0 saturated heterocycles. The molecule has 0 unspecified atom stereocenters. The number of aromatic nitrogens is 2. The van der Waals surface area contributed by atoms with Gasteiger partial charge in [0.05, 0.1) is 11.7 Å². The van der Waals surface area contributed by atoms with Crippen molar-refractivity contribution in [3.8, 4) is 0 Å². The van der Waals surface area contributed by atoms with Crippen LogP contribution < -0.4 is 0 Å². The van der Waals surface area contributed by atoms with Crippen molar-refractivity contribution >= 4 is 20.7 Å². The van der Waals surface area contributed by atoms with Crippen LogP contribution in [0.5, 0.6) is 0 Å². The Morgan fingerprint density at radius 3 is 2.79 bits per heavy atom. The van der Waals surface area contributed by atoms with Gasteiger partial charge in [0, 0.05) is 24.9 Å². The number of sulfone groups is 1. The fourth-order valence-electron chi connectivity index (χ4n) is 1.35. The van der Waals surface area contributed by atoms with Gasteiger partial charge in [-0.25, -0.2) is 13.4 Å². The van der Waals surface area contributed by atoms with Crippen molar-refractivity contribution in [1.82, 2.24) is 9.55 Å². The van der Waals surface area contributed by atoms with Gasteiger partial charge in [0.2, 0.25) is 0 Å². The fourth-order valence-corrected chi connectivity index (χ4v) is 1.93. The smallest absolute Gasteiger partial charge is 0.192 e. The van der Waals surface area contributed by atoms with Gasteiger partial charge in [-0.05, 0) is 12.1 Å². The van der Waals surface area contributed by atoms with E-state index in [1.165, 1.54) is 0 Å². The third-order valence-corrected chi connectivity index (χ3v) is 3.11. The first-order valence-corrected chi connectivity index (χ1v) is 5.99. The highest BCUT2D eigenvalue weighted by atomic mass is 32.2. The minimum atomic E-state index is -3.21. The second kappa shape index (κ2) is 2.81. The Labute approximate surface area is 82.1 Å². The molecule has 5 heteroatoms. The van der Waals surface area contributed by atoms with Gasteiger partial charge in [-0.2, -0.15) is 0 Å². The molecule has 2 aromatic rings. The summed E-state index contributed by atoms with van der Waals surface area (Å²) in [6, 6.07) is 3.45. The lowest BCUT2D eigenvalue weighted by molar-refractivity contribution is 0.598. The Hall–Kier alpha value is -1.36. The summed E-state index contributed by atoms with van der Waals surface area (Å²) in [5, 5.41) is 1.01. The number of pyridine rings is 1. The molecule has 0 bridgehead atoms. The first-order valence-electron chi connectivity index (χ1n) is 4.09. The van der Waals surface area contributed by atoms with Crippen molar-refractivity contribution in [3.63, 3.8) is 0 Å². The van der Waals surface area contributed by atoms with Gasteiger partial charge in [0.1, 0.15) is 0 Å². The van der Waals surface area contributed by atoms with E-state index in [9.17, 15) is 8.42 Å². The van der Waals surface area contributed by atoms with Crippen LogP contribution in [0.15, 0.2) is 29.6 Å². The quantitative estimate of drug-likeness (QED) is 0.705. The second-order valence-corrected chi connectivity index (χ2v) is 5.24. The lowest BCUT2D eigenvalue weighted by atomic mass is 10.3. The van der Waals surface area contributed by atoms with E-state index < -0.39 is 9.84 Å². The van der Waals surface area contributed by atoms with E-state index in [0.29, 0.717) is 0 Å². The maximum atomic E-state index is 11.2. The number of nitrogens with zero attached hydrogens (tertiary/aromatic N) is 2. The van der Waals surface area contributed by atoms with Crippen LogP contribution in [0.1, 0.15) is 0 Å². The molecule has 0 aliphatic carbocycles. The second-order valence-electron chi connectivity index (χ2n) is 3.28. The average Bonchev–Trinajstić information content (AvgIpc) is 2.46. The highest BCUT2D eigenvalue weighted by molar-refractivity contribution is 7.90. The highest BCUT2D eigenvalue weighted by Gasteiger charge is 2.09. The fraction of sp³-hybridized carbons (Fsp3) is 0.222. The summed E-state index contributed by atoms with van der Waals surface area (Å²) in [5.74, 6) is 0. The summed E-state index contributed by atoms with van der Waals surface area (Å²) in [6.07, 6.45) is 4.61. The van der Waals surface area contributed by atoms with Gasteiger partial charge in [0.25, 0.3) is 0 Å². The van der Waals surface area contributed by atoms with E-state index >= 15 is 0 Å². The maximum absolute atomic E-state index is 11.2. The van der Waals surface area contributed by atoms with E-state index in [0.717, 1.165) is 17.2 Å². The molecule has 0 atom stereocenters. The van der Waals surface area contributed by atoms with Gasteiger partial charge in [0.15, 0.2) is 14.9 Å². The highest BCUT2D eigenvalue weighted by Crippen LogP contribution is 2.16. The van der Waals surface area contributed by atoms with Crippen molar-refractivity contribution in [2.75, 3.05) is 6.26 Å². The topological polar surface area (TPSA) is 52.0 Å². The van der Waals surface area contributed by atoms with Crippen molar-refractivity contribution < 1.29 is 8.42 Å². The molecule has 0 aliphatic rings. The Kier molecular flexibility index (Phi) is 1.85. The summed E-state index contributed by atoms with van der Waals surface area (Å²) >= 11 is 0. The largest absolute Gasteiger partial charge is 0.349 e. The molecule has 14 heavy (non-hydrogen) atoms. The third kappa shape index (κ3) is 1.39. The van der Waals surface area contributed by atoms with Crippen LogP contribution in [0.25, 0.3) is 10.9 Å². The van der Waals surface area contributed by atoms with Gasteiger partial charge in [-0.1, -0.05) is 0 Å². The molecule has 2 rings (SSSR count). The van der Waals surface area contributed by atoms with Crippen LogP contribution in [0.4, 0.5) is 0 Å². The molecule has 0 amide bonds. The lowest BCUT2D eigenvalue weighted by Gasteiger charge is -1.98.